The first-order valence-corrected chi connectivity index (χ1v) is 10.2. The first-order chi connectivity index (χ1) is 14.0. The van der Waals surface area contributed by atoms with Gasteiger partial charge in [0.1, 0.15) is 6.54 Å². The maximum Gasteiger partial charge on any atom is 0.437 e. The number of rotatable bonds is 4. The third kappa shape index (κ3) is 4.29. The maximum absolute atomic E-state index is 12.3. The Morgan fingerprint density at radius 3 is 2.86 bits per heavy atom. The molecule has 29 heavy (non-hydrogen) atoms. The first kappa shape index (κ1) is 19.1. The molecule has 150 valence electrons. The van der Waals surface area contributed by atoms with Crippen molar-refractivity contribution < 1.29 is 14.0 Å². The number of fused-ring (bicyclic) bond motifs is 1. The van der Waals surface area contributed by atoms with Gasteiger partial charge in [-0.15, -0.1) is 16.4 Å². The van der Waals surface area contributed by atoms with E-state index in [1.807, 2.05) is 12.1 Å². The second-order valence-corrected chi connectivity index (χ2v) is 8.24. The Hall–Kier alpha value is -3.20. The Bertz CT molecular complexity index is 1100. The molecule has 9 heteroatoms. The molecule has 1 aliphatic carbocycles. The number of hydrazine groups is 1. The van der Waals surface area contributed by atoms with Crippen molar-refractivity contribution in [3.63, 3.8) is 0 Å². The number of aromatic nitrogens is 2. The molecule has 2 heterocycles. The van der Waals surface area contributed by atoms with Crippen LogP contribution in [0.25, 0.3) is 11.5 Å². The number of aryl methyl sites for hydroxylation is 1. The summed E-state index contributed by atoms with van der Waals surface area (Å²) in [7, 11) is 0. The summed E-state index contributed by atoms with van der Waals surface area (Å²) in [6.45, 7) is 1.84. The van der Waals surface area contributed by atoms with Gasteiger partial charge in [0.05, 0.1) is 4.88 Å². The van der Waals surface area contributed by atoms with Crippen LogP contribution in [-0.2, 0) is 24.2 Å². The van der Waals surface area contributed by atoms with Crippen molar-refractivity contribution in [1.29, 1.82) is 0 Å². The zero-order valence-electron chi connectivity index (χ0n) is 15.8. The molecule has 1 unspecified atom stereocenters. The van der Waals surface area contributed by atoms with Gasteiger partial charge in [-0.05, 0) is 48.9 Å². The molecule has 0 fully saturated rings. The van der Waals surface area contributed by atoms with Gasteiger partial charge in [0, 0.05) is 10.4 Å². The van der Waals surface area contributed by atoms with E-state index in [0.717, 1.165) is 23.9 Å². The van der Waals surface area contributed by atoms with Crippen LogP contribution in [0.4, 0.5) is 0 Å². The molecule has 0 aliphatic heterocycles. The molecule has 4 rings (SSSR count). The number of hydrogen-bond donors (Lipinski definition) is 2. The van der Waals surface area contributed by atoms with Gasteiger partial charge in [-0.1, -0.05) is 25.1 Å². The number of amides is 2. The number of benzene rings is 1. The van der Waals surface area contributed by atoms with E-state index in [2.05, 4.69) is 22.9 Å². The summed E-state index contributed by atoms with van der Waals surface area (Å²) in [6, 6.07) is 10.8. The first-order valence-electron chi connectivity index (χ1n) is 9.33. The van der Waals surface area contributed by atoms with Crippen molar-refractivity contribution in [2.45, 2.75) is 32.7 Å². The van der Waals surface area contributed by atoms with Crippen molar-refractivity contribution in [2.24, 2.45) is 5.92 Å². The standard InChI is InChI=1S/C20H20N4O4S/c1-12-7-8-15-14(9-12)10-16(29-15)18(26)22-21-17(25)11-24-20(27)28-19(23-24)13-5-3-2-4-6-13/h2-6,10,12H,7-9,11H2,1H3,(H,21,25)(H,22,26). The van der Waals surface area contributed by atoms with E-state index in [0.29, 0.717) is 16.4 Å². The van der Waals surface area contributed by atoms with E-state index >= 15 is 0 Å². The summed E-state index contributed by atoms with van der Waals surface area (Å²) in [5.41, 5.74) is 6.57. The minimum Gasteiger partial charge on any atom is -0.388 e. The van der Waals surface area contributed by atoms with Gasteiger partial charge in [0.15, 0.2) is 0 Å². The van der Waals surface area contributed by atoms with Gasteiger partial charge in [0.2, 0.25) is 5.89 Å². The van der Waals surface area contributed by atoms with Gasteiger partial charge in [-0.25, -0.2) is 4.79 Å². The predicted molar refractivity (Wildman–Crippen MR) is 107 cm³/mol. The predicted octanol–water partition coefficient (Wildman–Crippen LogP) is 2.15. The number of nitrogens with one attached hydrogen (secondary N) is 2. The number of carbonyl (C=O) groups excluding carboxylic acids is 2. The highest BCUT2D eigenvalue weighted by Crippen LogP contribution is 2.32. The van der Waals surface area contributed by atoms with Crippen LogP contribution in [0.1, 0.15) is 33.5 Å². The quantitative estimate of drug-likeness (QED) is 0.639. The van der Waals surface area contributed by atoms with E-state index in [1.165, 1.54) is 21.8 Å². The second-order valence-electron chi connectivity index (χ2n) is 7.11. The summed E-state index contributed by atoms with van der Waals surface area (Å²) in [4.78, 5) is 38.2. The van der Waals surface area contributed by atoms with Gasteiger partial charge in [-0.2, -0.15) is 4.68 Å². The largest absolute Gasteiger partial charge is 0.437 e. The highest BCUT2D eigenvalue weighted by Gasteiger charge is 2.21. The van der Waals surface area contributed by atoms with Crippen LogP contribution in [-0.4, -0.2) is 21.6 Å². The fourth-order valence-corrected chi connectivity index (χ4v) is 4.39. The average molecular weight is 412 g/mol. The van der Waals surface area contributed by atoms with Crippen molar-refractivity contribution in [2.75, 3.05) is 0 Å². The Morgan fingerprint density at radius 2 is 2.07 bits per heavy atom. The van der Waals surface area contributed by atoms with Gasteiger partial charge in [0.25, 0.3) is 11.8 Å². The second kappa shape index (κ2) is 8.04. The van der Waals surface area contributed by atoms with Crippen LogP contribution in [0.3, 0.4) is 0 Å². The van der Waals surface area contributed by atoms with E-state index in [-0.39, 0.29) is 18.3 Å². The minimum atomic E-state index is -0.745. The van der Waals surface area contributed by atoms with E-state index in [1.54, 1.807) is 24.3 Å². The van der Waals surface area contributed by atoms with Gasteiger partial charge >= 0.3 is 5.76 Å². The zero-order chi connectivity index (χ0) is 20.4. The van der Waals surface area contributed by atoms with Crippen molar-refractivity contribution in [3.05, 3.63) is 62.3 Å². The highest BCUT2D eigenvalue weighted by molar-refractivity contribution is 7.14. The molecule has 3 aromatic rings. The fraction of sp³-hybridized carbons (Fsp3) is 0.300. The zero-order valence-corrected chi connectivity index (χ0v) is 16.6. The van der Waals surface area contributed by atoms with E-state index in [9.17, 15) is 14.4 Å². The molecular weight excluding hydrogens is 392 g/mol. The van der Waals surface area contributed by atoms with Crippen molar-refractivity contribution in [3.8, 4) is 11.5 Å². The van der Waals surface area contributed by atoms with Crippen LogP contribution < -0.4 is 16.6 Å². The molecule has 1 aliphatic rings. The Morgan fingerprint density at radius 1 is 1.28 bits per heavy atom. The third-order valence-corrected chi connectivity index (χ3v) is 6.02. The van der Waals surface area contributed by atoms with Crippen LogP contribution in [0.5, 0.6) is 0 Å². The lowest BCUT2D eigenvalue weighted by Crippen LogP contribution is -2.43. The van der Waals surface area contributed by atoms with Crippen molar-refractivity contribution >= 4 is 23.2 Å². The Kier molecular flexibility index (Phi) is 5.30. The molecule has 1 atom stereocenters. The molecule has 2 aromatic heterocycles. The number of thiophene rings is 1. The van der Waals surface area contributed by atoms with Crippen molar-refractivity contribution in [1.82, 2.24) is 20.6 Å². The third-order valence-electron chi connectivity index (χ3n) is 4.79. The smallest absolute Gasteiger partial charge is 0.388 e. The van der Waals surface area contributed by atoms with Crippen LogP contribution in [0.15, 0.2) is 45.6 Å². The molecule has 1 aromatic carbocycles. The molecule has 0 saturated carbocycles. The number of carbonyl (C=O) groups is 2. The summed E-state index contributed by atoms with van der Waals surface area (Å²) < 4.78 is 5.99. The van der Waals surface area contributed by atoms with Crippen LogP contribution in [0.2, 0.25) is 0 Å². The molecule has 2 amide bonds. The van der Waals surface area contributed by atoms with Crippen LogP contribution >= 0.6 is 11.3 Å². The lowest BCUT2D eigenvalue weighted by molar-refractivity contribution is -0.122. The number of nitrogens with zero attached hydrogens (tertiary/aromatic N) is 2. The molecule has 8 nitrogen and oxygen atoms in total. The summed E-state index contributed by atoms with van der Waals surface area (Å²) in [5.74, 6) is -0.948. The van der Waals surface area contributed by atoms with E-state index in [4.69, 9.17) is 4.42 Å². The molecule has 0 bridgehead atoms. The van der Waals surface area contributed by atoms with Crippen LogP contribution in [0, 0.1) is 5.92 Å². The summed E-state index contributed by atoms with van der Waals surface area (Å²) in [6.07, 6.45) is 3.09. The summed E-state index contributed by atoms with van der Waals surface area (Å²) in [5, 5.41) is 4.02. The molecule has 0 spiro atoms. The normalized spacial score (nSPS) is 15.6. The van der Waals surface area contributed by atoms with Gasteiger partial charge in [-0.3, -0.25) is 20.4 Å². The Balaban J connectivity index is 1.35. The topological polar surface area (TPSA) is 106 Å². The van der Waals surface area contributed by atoms with Gasteiger partial charge < -0.3 is 4.42 Å². The average Bonchev–Trinajstić information content (AvgIpc) is 3.30. The number of hydrogen-bond acceptors (Lipinski definition) is 6. The molecule has 0 saturated heterocycles. The minimum absolute atomic E-state index is 0.130. The Labute approximate surface area is 170 Å². The molecule has 0 radical (unpaired) electrons. The molecule has 2 N–H and O–H groups in total. The monoisotopic (exact) mass is 412 g/mol. The summed E-state index contributed by atoms with van der Waals surface area (Å²) >= 11 is 1.46. The molecular formula is C20H20N4O4S. The maximum atomic E-state index is 12.3. The highest BCUT2D eigenvalue weighted by atomic mass is 32.1. The lowest BCUT2D eigenvalue weighted by atomic mass is 9.90. The SMILES string of the molecule is CC1CCc2sc(C(=O)NNC(=O)Cn3nc(-c4ccccc4)oc3=O)cc2C1. The van der Waals surface area contributed by atoms with E-state index < -0.39 is 11.7 Å². The lowest BCUT2D eigenvalue weighted by Gasteiger charge is -2.16. The fourth-order valence-electron chi connectivity index (χ4n) is 3.28.